The smallest absolute Gasteiger partial charge is 0.321 e. The number of nitrogens with two attached hydrogens (primary N) is 1. The summed E-state index contributed by atoms with van der Waals surface area (Å²) in [4.78, 5) is 10.3. The molecule has 1 unspecified atom stereocenters. The van der Waals surface area contributed by atoms with E-state index in [0.29, 0.717) is 6.54 Å². The number of aliphatic carboxylic acids is 1. The molecule has 13 heavy (non-hydrogen) atoms. The van der Waals surface area contributed by atoms with E-state index in [0.717, 1.165) is 18.9 Å². The van der Waals surface area contributed by atoms with Crippen LogP contribution in [-0.4, -0.2) is 30.2 Å². The minimum absolute atomic E-state index is 0.377. The maximum Gasteiger partial charge on any atom is 0.321 e. The summed E-state index contributed by atoms with van der Waals surface area (Å²) in [6.45, 7) is 1.27. The third-order valence-corrected chi connectivity index (χ3v) is 2.64. The third kappa shape index (κ3) is 3.74. The lowest BCUT2D eigenvalue weighted by Gasteiger charge is -2.25. The average molecular weight is 186 g/mol. The Labute approximate surface area is 78.5 Å². The molecule has 1 rings (SSSR count). The van der Waals surface area contributed by atoms with Gasteiger partial charge < -0.3 is 16.2 Å². The molecule has 1 saturated carbocycles. The van der Waals surface area contributed by atoms with Gasteiger partial charge in [0.15, 0.2) is 0 Å². The van der Waals surface area contributed by atoms with Crippen LogP contribution in [-0.2, 0) is 4.79 Å². The molecule has 0 bridgehead atoms. The standard InChI is InChI=1S/C9H18N2O2/c10-8(9(12)13)6-11-5-4-7-2-1-3-7/h7-8,11H,1-6,10H2,(H,12,13). The maximum absolute atomic E-state index is 10.3. The molecule has 0 aliphatic heterocycles. The molecule has 4 heteroatoms. The first-order valence-electron chi connectivity index (χ1n) is 4.89. The molecule has 1 aliphatic rings. The minimum atomic E-state index is -0.934. The first-order valence-corrected chi connectivity index (χ1v) is 4.89. The van der Waals surface area contributed by atoms with Gasteiger partial charge in [0.2, 0.25) is 0 Å². The SMILES string of the molecule is NC(CNCCC1CCC1)C(=O)O. The zero-order chi connectivity index (χ0) is 9.68. The van der Waals surface area contributed by atoms with Gasteiger partial charge in [-0.05, 0) is 18.9 Å². The lowest BCUT2D eigenvalue weighted by atomic mass is 9.83. The van der Waals surface area contributed by atoms with Crippen LogP contribution in [0.15, 0.2) is 0 Å². The van der Waals surface area contributed by atoms with Gasteiger partial charge in [-0.15, -0.1) is 0 Å². The molecular formula is C9H18N2O2. The summed E-state index contributed by atoms with van der Waals surface area (Å²) in [5, 5.41) is 11.5. The van der Waals surface area contributed by atoms with Gasteiger partial charge in [-0.25, -0.2) is 0 Å². The highest BCUT2D eigenvalue weighted by Gasteiger charge is 2.16. The van der Waals surface area contributed by atoms with Crippen LogP contribution in [0.1, 0.15) is 25.7 Å². The van der Waals surface area contributed by atoms with E-state index in [-0.39, 0.29) is 0 Å². The molecule has 0 heterocycles. The van der Waals surface area contributed by atoms with Gasteiger partial charge in [-0.2, -0.15) is 0 Å². The summed E-state index contributed by atoms with van der Waals surface area (Å²) in [5.74, 6) is -0.0651. The molecule has 0 amide bonds. The van der Waals surface area contributed by atoms with Crippen LogP contribution in [0.25, 0.3) is 0 Å². The van der Waals surface area contributed by atoms with E-state index in [1.165, 1.54) is 19.3 Å². The van der Waals surface area contributed by atoms with Crippen molar-refractivity contribution >= 4 is 5.97 Å². The van der Waals surface area contributed by atoms with Crippen molar-refractivity contribution in [1.82, 2.24) is 5.32 Å². The molecule has 0 saturated heterocycles. The van der Waals surface area contributed by atoms with Gasteiger partial charge in [0.25, 0.3) is 0 Å². The molecule has 76 valence electrons. The predicted molar refractivity (Wildman–Crippen MR) is 50.4 cm³/mol. The highest BCUT2D eigenvalue weighted by Crippen LogP contribution is 2.28. The molecule has 0 aromatic carbocycles. The van der Waals surface area contributed by atoms with Gasteiger partial charge >= 0.3 is 5.97 Å². The summed E-state index contributed by atoms with van der Waals surface area (Å²) in [6, 6.07) is -0.763. The summed E-state index contributed by atoms with van der Waals surface area (Å²) < 4.78 is 0. The Morgan fingerprint density at radius 3 is 2.77 bits per heavy atom. The summed E-state index contributed by atoms with van der Waals surface area (Å²) in [7, 11) is 0. The second-order valence-electron chi connectivity index (χ2n) is 3.73. The first-order chi connectivity index (χ1) is 6.20. The van der Waals surface area contributed by atoms with E-state index >= 15 is 0 Å². The molecule has 0 aromatic rings. The highest BCUT2D eigenvalue weighted by atomic mass is 16.4. The molecule has 4 N–H and O–H groups in total. The van der Waals surface area contributed by atoms with Gasteiger partial charge in [0.05, 0.1) is 0 Å². The van der Waals surface area contributed by atoms with Gasteiger partial charge in [0.1, 0.15) is 6.04 Å². The van der Waals surface area contributed by atoms with Crippen LogP contribution in [0.3, 0.4) is 0 Å². The monoisotopic (exact) mass is 186 g/mol. The normalized spacial score (nSPS) is 19.5. The second kappa shape index (κ2) is 5.19. The van der Waals surface area contributed by atoms with Crippen LogP contribution in [0.2, 0.25) is 0 Å². The van der Waals surface area contributed by atoms with Gasteiger partial charge in [0, 0.05) is 6.54 Å². The third-order valence-electron chi connectivity index (χ3n) is 2.64. The van der Waals surface area contributed by atoms with Crippen molar-refractivity contribution in [1.29, 1.82) is 0 Å². The number of carboxylic acid groups (broad SMARTS) is 1. The van der Waals surface area contributed by atoms with Crippen LogP contribution >= 0.6 is 0 Å². The zero-order valence-electron chi connectivity index (χ0n) is 7.83. The molecule has 1 aliphatic carbocycles. The number of carbonyl (C=O) groups is 1. The lowest BCUT2D eigenvalue weighted by molar-refractivity contribution is -0.138. The van der Waals surface area contributed by atoms with Crippen LogP contribution in [0.4, 0.5) is 0 Å². The fourth-order valence-corrected chi connectivity index (χ4v) is 1.43. The highest BCUT2D eigenvalue weighted by molar-refractivity contribution is 5.73. The Hall–Kier alpha value is -0.610. The molecule has 0 radical (unpaired) electrons. The van der Waals surface area contributed by atoms with Crippen molar-refractivity contribution in [2.24, 2.45) is 11.7 Å². The van der Waals surface area contributed by atoms with Crippen molar-refractivity contribution in [2.75, 3.05) is 13.1 Å². The number of rotatable bonds is 6. The Kier molecular flexibility index (Phi) is 4.18. The number of nitrogens with one attached hydrogen (secondary N) is 1. The first kappa shape index (κ1) is 10.5. The molecule has 4 nitrogen and oxygen atoms in total. The average Bonchev–Trinajstić information content (AvgIpc) is 2.00. The van der Waals surface area contributed by atoms with Crippen LogP contribution < -0.4 is 11.1 Å². The maximum atomic E-state index is 10.3. The topological polar surface area (TPSA) is 75.3 Å². The van der Waals surface area contributed by atoms with Crippen LogP contribution in [0.5, 0.6) is 0 Å². The van der Waals surface area contributed by atoms with Crippen molar-refractivity contribution in [3.63, 3.8) is 0 Å². The summed E-state index contributed by atoms with van der Waals surface area (Å²) in [5.41, 5.74) is 5.32. The summed E-state index contributed by atoms with van der Waals surface area (Å²) in [6.07, 6.45) is 5.20. The fraction of sp³-hybridized carbons (Fsp3) is 0.889. The van der Waals surface area contributed by atoms with Crippen molar-refractivity contribution in [3.05, 3.63) is 0 Å². The zero-order valence-corrected chi connectivity index (χ0v) is 7.83. The second-order valence-corrected chi connectivity index (χ2v) is 3.73. The number of hydrogen-bond donors (Lipinski definition) is 3. The Balaban J connectivity index is 1.90. The van der Waals surface area contributed by atoms with E-state index in [1.54, 1.807) is 0 Å². The molecule has 1 atom stereocenters. The van der Waals surface area contributed by atoms with Crippen molar-refractivity contribution < 1.29 is 9.90 Å². The van der Waals surface area contributed by atoms with E-state index in [2.05, 4.69) is 5.32 Å². The van der Waals surface area contributed by atoms with Crippen LogP contribution in [0, 0.1) is 5.92 Å². The van der Waals surface area contributed by atoms with Gasteiger partial charge in [-0.1, -0.05) is 19.3 Å². The quantitative estimate of drug-likeness (QED) is 0.517. The van der Waals surface area contributed by atoms with E-state index < -0.39 is 12.0 Å². The molecule has 1 fully saturated rings. The Bertz CT molecular complexity index is 169. The minimum Gasteiger partial charge on any atom is -0.480 e. The molecule has 0 spiro atoms. The fourth-order valence-electron chi connectivity index (χ4n) is 1.43. The Morgan fingerprint density at radius 1 is 1.62 bits per heavy atom. The largest absolute Gasteiger partial charge is 0.480 e. The lowest BCUT2D eigenvalue weighted by Crippen LogP contribution is -2.40. The number of carboxylic acids is 1. The van der Waals surface area contributed by atoms with E-state index in [9.17, 15) is 4.79 Å². The van der Waals surface area contributed by atoms with E-state index in [1.807, 2.05) is 0 Å². The van der Waals surface area contributed by atoms with E-state index in [4.69, 9.17) is 10.8 Å². The molecule has 0 aromatic heterocycles. The van der Waals surface area contributed by atoms with Crippen molar-refractivity contribution in [3.8, 4) is 0 Å². The molecular weight excluding hydrogens is 168 g/mol. The van der Waals surface area contributed by atoms with Crippen molar-refractivity contribution in [2.45, 2.75) is 31.7 Å². The predicted octanol–water partition coefficient (Wildman–Crippen LogP) is 0.178. The number of hydrogen-bond acceptors (Lipinski definition) is 3. The summed E-state index contributed by atoms with van der Waals surface area (Å²) >= 11 is 0. The Morgan fingerprint density at radius 2 is 2.31 bits per heavy atom. The van der Waals surface area contributed by atoms with Gasteiger partial charge in [-0.3, -0.25) is 4.79 Å².